The van der Waals surface area contributed by atoms with Crippen LogP contribution >= 0.6 is 23.4 Å². The van der Waals surface area contributed by atoms with E-state index in [1.54, 1.807) is 0 Å². The zero-order chi connectivity index (χ0) is 24.1. The third-order valence-electron chi connectivity index (χ3n) is 4.97. The Hall–Kier alpha value is -2.58. The van der Waals surface area contributed by atoms with Gasteiger partial charge in [-0.15, -0.1) is 10.2 Å². The second kappa shape index (κ2) is 11.0. The lowest BCUT2D eigenvalue weighted by atomic mass is 10.0. The zero-order valence-electron chi connectivity index (χ0n) is 19.3. The summed E-state index contributed by atoms with van der Waals surface area (Å²) >= 11 is 7.05. The lowest BCUT2D eigenvalue weighted by molar-refractivity contribution is -0.113. The van der Waals surface area contributed by atoms with Crippen LogP contribution in [-0.4, -0.2) is 26.4 Å². The summed E-state index contributed by atoms with van der Waals surface area (Å²) in [5.41, 5.74) is 1.68. The molecule has 0 spiro atoms. The van der Waals surface area contributed by atoms with Crippen LogP contribution in [0.3, 0.4) is 0 Å². The molecule has 0 aliphatic heterocycles. The summed E-state index contributed by atoms with van der Waals surface area (Å²) in [4.78, 5) is 12.4. The zero-order valence-corrected chi connectivity index (χ0v) is 20.9. The molecule has 1 atom stereocenters. The lowest BCUT2D eigenvalue weighted by Crippen LogP contribution is -2.16. The van der Waals surface area contributed by atoms with Crippen molar-refractivity contribution in [3.63, 3.8) is 0 Å². The van der Waals surface area contributed by atoms with Gasteiger partial charge in [0.25, 0.3) is 0 Å². The average molecular weight is 491 g/mol. The number of rotatable bonds is 9. The van der Waals surface area contributed by atoms with Crippen molar-refractivity contribution < 1.29 is 13.9 Å². The van der Waals surface area contributed by atoms with Crippen molar-refractivity contribution in [1.29, 1.82) is 0 Å². The highest BCUT2D eigenvalue weighted by molar-refractivity contribution is 7.99. The van der Waals surface area contributed by atoms with Crippen molar-refractivity contribution in [2.45, 2.75) is 57.8 Å². The van der Waals surface area contributed by atoms with Crippen molar-refractivity contribution in [2.75, 3.05) is 11.1 Å². The van der Waals surface area contributed by atoms with Gasteiger partial charge in [-0.3, -0.25) is 4.79 Å². The van der Waals surface area contributed by atoms with Crippen molar-refractivity contribution >= 4 is 35.0 Å². The van der Waals surface area contributed by atoms with Crippen LogP contribution in [0.5, 0.6) is 5.75 Å². The molecule has 1 unspecified atom stereocenters. The number of nitrogens with one attached hydrogen (secondary N) is 1. The molecule has 0 saturated carbocycles. The minimum absolute atomic E-state index is 0.0440. The molecule has 33 heavy (non-hydrogen) atoms. The number of anilines is 1. The number of nitrogens with zero attached hydrogens (tertiary/aromatic N) is 3. The summed E-state index contributed by atoms with van der Waals surface area (Å²) in [5.74, 6) is 1.23. The number of carbonyl (C=O) groups is 1. The van der Waals surface area contributed by atoms with Gasteiger partial charge >= 0.3 is 0 Å². The molecule has 0 aliphatic rings. The largest absolute Gasteiger partial charge is 0.483 e. The van der Waals surface area contributed by atoms with E-state index in [4.69, 9.17) is 16.3 Å². The fraction of sp³-hybridized carbons (Fsp3) is 0.375. The number of halogens is 2. The normalized spacial score (nSPS) is 12.3. The van der Waals surface area contributed by atoms with E-state index in [9.17, 15) is 9.18 Å². The first kappa shape index (κ1) is 25.1. The van der Waals surface area contributed by atoms with E-state index in [0.29, 0.717) is 22.6 Å². The van der Waals surface area contributed by atoms with Gasteiger partial charge in [0, 0.05) is 11.7 Å². The number of benzene rings is 2. The molecule has 3 aromatic rings. The van der Waals surface area contributed by atoms with Crippen molar-refractivity contribution in [3.8, 4) is 5.75 Å². The number of hydrogen-bond acceptors (Lipinski definition) is 5. The highest BCUT2D eigenvalue weighted by Crippen LogP contribution is 2.28. The first-order chi connectivity index (χ1) is 15.7. The first-order valence-corrected chi connectivity index (χ1v) is 12.1. The van der Waals surface area contributed by atoms with Gasteiger partial charge in [-0.1, -0.05) is 49.3 Å². The summed E-state index contributed by atoms with van der Waals surface area (Å²) in [5, 5.41) is 11.9. The molecular formula is C24H28ClFN4O2S. The van der Waals surface area contributed by atoms with Gasteiger partial charge < -0.3 is 14.6 Å². The van der Waals surface area contributed by atoms with Gasteiger partial charge in [-0.2, -0.15) is 0 Å². The molecule has 1 N–H and O–H groups in total. The number of carbonyl (C=O) groups excluding carboxylic acids is 1. The quantitative estimate of drug-likeness (QED) is 0.340. The molecule has 3 rings (SSSR count). The summed E-state index contributed by atoms with van der Waals surface area (Å²) in [6.45, 7) is 10.3. The van der Waals surface area contributed by atoms with Gasteiger partial charge in [0.15, 0.2) is 17.1 Å². The van der Waals surface area contributed by atoms with Crippen molar-refractivity contribution in [3.05, 3.63) is 64.7 Å². The Balaban J connectivity index is 1.66. The molecule has 2 aromatic carbocycles. The standard InChI is InChI=1S/C24H28ClFN4O2S/c1-14(2)17-6-9-19(10-7-17)32-16(5)23-28-29-24(30(23)15(3)4)33-13-22(31)27-18-8-11-21(26)20(25)12-18/h6-12,14-16H,13H2,1-5H3,(H,27,31). The highest BCUT2D eigenvalue weighted by Gasteiger charge is 2.22. The Morgan fingerprint density at radius 2 is 1.82 bits per heavy atom. The summed E-state index contributed by atoms with van der Waals surface area (Å²) in [6.07, 6.45) is -0.325. The molecule has 1 aromatic heterocycles. The fourth-order valence-corrected chi connectivity index (χ4v) is 4.29. The van der Waals surface area contributed by atoms with E-state index in [-0.39, 0.29) is 28.8 Å². The summed E-state index contributed by atoms with van der Waals surface area (Å²) < 4.78 is 21.4. The van der Waals surface area contributed by atoms with Crippen LogP contribution in [0, 0.1) is 5.82 Å². The fourth-order valence-electron chi connectivity index (χ4n) is 3.24. The Kier molecular flexibility index (Phi) is 8.37. The molecule has 6 nitrogen and oxygen atoms in total. The van der Waals surface area contributed by atoms with Crippen LogP contribution in [0.4, 0.5) is 10.1 Å². The molecule has 0 aliphatic carbocycles. The minimum atomic E-state index is -0.534. The highest BCUT2D eigenvalue weighted by atomic mass is 35.5. The second-order valence-corrected chi connectivity index (χ2v) is 9.60. The van der Waals surface area contributed by atoms with Crippen LogP contribution in [0.15, 0.2) is 47.6 Å². The Bertz CT molecular complexity index is 1100. The van der Waals surface area contributed by atoms with Gasteiger partial charge in [-0.25, -0.2) is 4.39 Å². The molecule has 9 heteroatoms. The van der Waals surface area contributed by atoms with Crippen LogP contribution in [0.2, 0.25) is 5.02 Å². The Morgan fingerprint density at radius 3 is 2.42 bits per heavy atom. The molecule has 0 bridgehead atoms. The first-order valence-electron chi connectivity index (χ1n) is 10.7. The van der Waals surface area contributed by atoms with E-state index in [1.165, 1.54) is 35.5 Å². The molecule has 0 saturated heterocycles. The predicted octanol–water partition coefficient (Wildman–Crippen LogP) is 6.65. The Morgan fingerprint density at radius 1 is 1.12 bits per heavy atom. The third-order valence-corrected chi connectivity index (χ3v) is 6.20. The predicted molar refractivity (Wildman–Crippen MR) is 131 cm³/mol. The smallest absolute Gasteiger partial charge is 0.234 e. The number of hydrogen-bond donors (Lipinski definition) is 1. The lowest BCUT2D eigenvalue weighted by Gasteiger charge is -2.19. The van der Waals surface area contributed by atoms with E-state index in [2.05, 4.69) is 41.5 Å². The molecule has 176 valence electrons. The topological polar surface area (TPSA) is 69.0 Å². The number of ether oxygens (including phenoxy) is 1. The van der Waals surface area contributed by atoms with E-state index < -0.39 is 5.82 Å². The average Bonchev–Trinajstić information content (AvgIpc) is 3.20. The van der Waals surface area contributed by atoms with Crippen LogP contribution in [0.25, 0.3) is 0 Å². The van der Waals surface area contributed by atoms with Gasteiger partial charge in [0.1, 0.15) is 11.6 Å². The minimum Gasteiger partial charge on any atom is -0.483 e. The van der Waals surface area contributed by atoms with Gasteiger partial charge in [0.05, 0.1) is 10.8 Å². The molecule has 1 amide bonds. The maximum Gasteiger partial charge on any atom is 0.234 e. The van der Waals surface area contributed by atoms with Crippen LogP contribution in [-0.2, 0) is 4.79 Å². The van der Waals surface area contributed by atoms with Crippen LogP contribution in [0.1, 0.15) is 64.1 Å². The number of aromatic nitrogens is 3. The Labute approximate surface area is 202 Å². The SMILES string of the molecule is CC(C)c1ccc(OC(C)c2nnc(SCC(=O)Nc3ccc(F)c(Cl)c3)n2C(C)C)cc1. The van der Waals surface area contributed by atoms with Gasteiger partial charge in [0.2, 0.25) is 5.91 Å². The van der Waals surface area contributed by atoms with E-state index in [1.807, 2.05) is 37.5 Å². The van der Waals surface area contributed by atoms with Crippen LogP contribution < -0.4 is 10.1 Å². The molecule has 1 heterocycles. The molecule has 0 fully saturated rings. The van der Waals surface area contributed by atoms with Crippen molar-refractivity contribution in [1.82, 2.24) is 14.8 Å². The summed E-state index contributed by atoms with van der Waals surface area (Å²) in [6, 6.07) is 12.2. The summed E-state index contributed by atoms with van der Waals surface area (Å²) in [7, 11) is 0. The monoisotopic (exact) mass is 490 g/mol. The van der Waals surface area contributed by atoms with E-state index >= 15 is 0 Å². The number of amides is 1. The maximum absolute atomic E-state index is 13.3. The molecular weight excluding hydrogens is 463 g/mol. The third kappa shape index (κ3) is 6.48. The second-order valence-electron chi connectivity index (χ2n) is 8.25. The van der Waals surface area contributed by atoms with E-state index in [0.717, 1.165) is 5.75 Å². The van der Waals surface area contributed by atoms with Gasteiger partial charge in [-0.05, 0) is 62.6 Å². The number of thioether (sulfide) groups is 1. The van der Waals surface area contributed by atoms with Crippen molar-refractivity contribution in [2.24, 2.45) is 0 Å². The maximum atomic E-state index is 13.3. The molecule has 0 radical (unpaired) electrons.